The van der Waals surface area contributed by atoms with E-state index in [1.165, 1.54) is 0 Å². The van der Waals surface area contributed by atoms with E-state index in [1.54, 1.807) is 0 Å². The number of aliphatic hydroxyl groups excluding tert-OH is 2. The van der Waals surface area contributed by atoms with Gasteiger partial charge in [-0.05, 0) is 0 Å². The summed E-state index contributed by atoms with van der Waals surface area (Å²) in [5.41, 5.74) is 0. The molecular formula is C3H7O5P. The van der Waals surface area contributed by atoms with E-state index in [2.05, 4.69) is 4.52 Å². The van der Waals surface area contributed by atoms with Crippen LogP contribution < -0.4 is 0 Å². The van der Waals surface area contributed by atoms with Crippen LogP contribution in [0, 0.1) is 0 Å². The molecule has 6 heteroatoms. The molecule has 2 N–H and O–H groups in total. The van der Waals surface area contributed by atoms with E-state index < -0.39 is 20.6 Å². The molecule has 0 bridgehead atoms. The van der Waals surface area contributed by atoms with Gasteiger partial charge in [0.1, 0.15) is 6.10 Å². The minimum Gasteiger partial charge on any atom is -0.394 e. The number of hydrogen-bond acceptors (Lipinski definition) is 5. The molecule has 0 radical (unpaired) electrons. The molecular weight excluding hydrogens is 147 g/mol. The molecule has 9 heavy (non-hydrogen) atoms. The first kappa shape index (κ1) is 8.78. The molecule has 0 fully saturated rings. The zero-order chi connectivity index (χ0) is 7.28. The summed E-state index contributed by atoms with van der Waals surface area (Å²) < 4.78 is 23.2. The summed E-state index contributed by atoms with van der Waals surface area (Å²) in [6.07, 6.45) is -1.11. The predicted molar refractivity (Wildman–Crippen MR) is 27.3 cm³/mol. The maximum Gasteiger partial charge on any atom is 0.468 e. The Morgan fingerprint density at radius 3 is 2.44 bits per heavy atom. The van der Waals surface area contributed by atoms with E-state index in [9.17, 15) is 9.13 Å². The molecule has 0 aromatic rings. The van der Waals surface area contributed by atoms with Crippen molar-refractivity contribution in [2.45, 2.75) is 6.10 Å². The topological polar surface area (TPSA) is 83.8 Å². The Labute approximate surface area is 52.2 Å². The van der Waals surface area contributed by atoms with E-state index in [1.807, 2.05) is 0 Å². The van der Waals surface area contributed by atoms with Crippen molar-refractivity contribution >= 4 is 7.91 Å². The Kier molecular flexibility index (Phi) is 4.53. The zero-order valence-corrected chi connectivity index (χ0v) is 5.45. The van der Waals surface area contributed by atoms with Crippen LogP contribution in [0.3, 0.4) is 0 Å². The molecule has 0 saturated heterocycles. The lowest BCUT2D eigenvalue weighted by Gasteiger charge is -2.00. The monoisotopic (exact) mass is 154 g/mol. The minimum atomic E-state index is -2.91. The van der Waals surface area contributed by atoms with Crippen LogP contribution in [0.15, 0.2) is 0 Å². The third-order valence-corrected chi connectivity index (χ3v) is 0.943. The molecule has 0 amide bonds. The van der Waals surface area contributed by atoms with E-state index in [-0.39, 0.29) is 6.61 Å². The summed E-state index contributed by atoms with van der Waals surface area (Å²) >= 11 is 0. The smallest absolute Gasteiger partial charge is 0.394 e. The first-order valence-corrected chi connectivity index (χ1v) is 3.32. The van der Waals surface area contributed by atoms with Crippen molar-refractivity contribution in [1.29, 1.82) is 0 Å². The highest BCUT2D eigenvalue weighted by Gasteiger charge is 2.02. The van der Waals surface area contributed by atoms with Gasteiger partial charge in [-0.25, -0.2) is 9.13 Å². The van der Waals surface area contributed by atoms with Crippen LogP contribution in [0.25, 0.3) is 0 Å². The molecule has 1 atom stereocenters. The molecule has 0 aliphatic carbocycles. The fourth-order valence-corrected chi connectivity index (χ4v) is 0.493. The van der Waals surface area contributed by atoms with Crippen LogP contribution in [0.5, 0.6) is 0 Å². The fourth-order valence-electron chi connectivity index (χ4n) is 0.200. The summed E-state index contributed by atoms with van der Waals surface area (Å²) in [6, 6.07) is 0. The molecule has 5 nitrogen and oxygen atoms in total. The van der Waals surface area contributed by atoms with Gasteiger partial charge < -0.3 is 10.2 Å². The van der Waals surface area contributed by atoms with Crippen LogP contribution >= 0.6 is 7.91 Å². The molecule has 0 spiro atoms. The van der Waals surface area contributed by atoms with Crippen molar-refractivity contribution < 1.29 is 23.9 Å². The van der Waals surface area contributed by atoms with Crippen molar-refractivity contribution in [3.8, 4) is 0 Å². The molecule has 0 heterocycles. The number of rotatable bonds is 4. The Morgan fingerprint density at radius 2 is 2.11 bits per heavy atom. The van der Waals surface area contributed by atoms with Crippen molar-refractivity contribution in [3.63, 3.8) is 0 Å². The maximum absolute atomic E-state index is 9.64. The molecule has 0 aliphatic rings. The van der Waals surface area contributed by atoms with E-state index >= 15 is 0 Å². The lowest BCUT2D eigenvalue weighted by atomic mass is 10.4. The molecule has 0 rings (SSSR count). The van der Waals surface area contributed by atoms with Crippen molar-refractivity contribution in [2.24, 2.45) is 0 Å². The highest BCUT2D eigenvalue weighted by molar-refractivity contribution is 7.24. The van der Waals surface area contributed by atoms with Crippen LogP contribution in [0.2, 0.25) is 0 Å². The standard InChI is InChI=1S/C3H7O5P/c4-1-3(5)2-8-9(6)7/h3-5H,1-2H2. The van der Waals surface area contributed by atoms with Gasteiger partial charge in [0.25, 0.3) is 0 Å². The lowest BCUT2D eigenvalue weighted by Crippen LogP contribution is -2.16. The second kappa shape index (κ2) is 4.64. The largest absolute Gasteiger partial charge is 0.468 e. The molecule has 0 aromatic carbocycles. The summed E-state index contributed by atoms with van der Waals surface area (Å²) in [5.74, 6) is 0. The molecule has 0 saturated carbocycles. The van der Waals surface area contributed by atoms with Crippen LogP contribution in [-0.4, -0.2) is 29.5 Å². The van der Waals surface area contributed by atoms with Gasteiger partial charge in [0, 0.05) is 0 Å². The number of hydrogen-bond donors (Lipinski definition) is 2. The summed E-state index contributed by atoms with van der Waals surface area (Å²) in [6.45, 7) is -0.877. The highest BCUT2D eigenvalue weighted by Crippen LogP contribution is 2.04. The summed E-state index contributed by atoms with van der Waals surface area (Å²) in [7, 11) is -2.91. The molecule has 0 aromatic heterocycles. The average Bonchev–Trinajstić information content (AvgIpc) is 1.83. The Morgan fingerprint density at radius 1 is 1.56 bits per heavy atom. The first-order chi connectivity index (χ1) is 4.16. The minimum absolute atomic E-state index is 0.380. The second-order valence-electron chi connectivity index (χ2n) is 1.36. The quantitative estimate of drug-likeness (QED) is 0.530. The first-order valence-electron chi connectivity index (χ1n) is 2.23. The lowest BCUT2D eigenvalue weighted by molar-refractivity contribution is 0.0549. The van der Waals surface area contributed by atoms with Crippen molar-refractivity contribution in [1.82, 2.24) is 0 Å². The van der Waals surface area contributed by atoms with Gasteiger partial charge in [0.05, 0.1) is 13.2 Å². The normalized spacial score (nSPS) is 13.1. The van der Waals surface area contributed by atoms with Crippen LogP contribution in [0.1, 0.15) is 0 Å². The van der Waals surface area contributed by atoms with Gasteiger partial charge in [-0.3, -0.25) is 4.52 Å². The van der Waals surface area contributed by atoms with Crippen LogP contribution in [-0.2, 0) is 13.7 Å². The van der Waals surface area contributed by atoms with Gasteiger partial charge in [-0.1, -0.05) is 0 Å². The van der Waals surface area contributed by atoms with Crippen molar-refractivity contribution in [2.75, 3.05) is 13.2 Å². The third kappa shape index (κ3) is 5.65. The fraction of sp³-hybridized carbons (Fsp3) is 1.00. The summed E-state index contributed by atoms with van der Waals surface area (Å²) in [4.78, 5) is 0. The Balaban J connectivity index is 3.27. The maximum atomic E-state index is 9.64. The highest BCUT2D eigenvalue weighted by atomic mass is 31.1. The van der Waals surface area contributed by atoms with Crippen molar-refractivity contribution in [3.05, 3.63) is 0 Å². The van der Waals surface area contributed by atoms with Gasteiger partial charge in [-0.15, -0.1) is 0 Å². The Hall–Kier alpha value is -0.220. The summed E-state index contributed by atoms with van der Waals surface area (Å²) in [5, 5.41) is 16.6. The van der Waals surface area contributed by atoms with Gasteiger partial charge in [-0.2, -0.15) is 0 Å². The number of aliphatic hydroxyl groups is 2. The third-order valence-electron chi connectivity index (χ3n) is 0.583. The average molecular weight is 154 g/mol. The predicted octanol–water partition coefficient (Wildman–Crippen LogP) is -0.556. The van der Waals surface area contributed by atoms with E-state index in [0.717, 1.165) is 0 Å². The van der Waals surface area contributed by atoms with Crippen LogP contribution in [0.4, 0.5) is 0 Å². The zero-order valence-electron chi connectivity index (χ0n) is 4.56. The van der Waals surface area contributed by atoms with Gasteiger partial charge in [0.15, 0.2) is 0 Å². The van der Waals surface area contributed by atoms with Gasteiger partial charge in [0.2, 0.25) is 0 Å². The van der Waals surface area contributed by atoms with E-state index in [0.29, 0.717) is 0 Å². The van der Waals surface area contributed by atoms with E-state index in [4.69, 9.17) is 10.2 Å². The molecule has 0 aliphatic heterocycles. The SMILES string of the molecule is O=P(=O)OCC(O)CO. The molecule has 1 unspecified atom stereocenters. The molecule has 54 valence electrons. The second-order valence-corrected chi connectivity index (χ2v) is 2.06. The van der Waals surface area contributed by atoms with Gasteiger partial charge >= 0.3 is 7.91 Å². The Bertz CT molecular complexity index is 122.